The first-order chi connectivity index (χ1) is 10.8. The first-order valence-electron chi connectivity index (χ1n) is 7.71. The van der Waals surface area contributed by atoms with E-state index in [1.54, 1.807) is 0 Å². The standard InChI is InChI=1S/C19H21N3O/c1-12-8-9-15-16(10-12)22-17(21-15)13-6-5-7-14(11-13)20-18(23)19(2,3)4/h5-11H,1-4H3,(H,20,23)(H,21,22). The van der Waals surface area contributed by atoms with Crippen molar-refractivity contribution < 1.29 is 4.79 Å². The number of hydrogen-bond acceptors (Lipinski definition) is 2. The van der Waals surface area contributed by atoms with E-state index >= 15 is 0 Å². The van der Waals surface area contributed by atoms with E-state index in [1.165, 1.54) is 5.56 Å². The quantitative estimate of drug-likeness (QED) is 0.731. The molecule has 0 unspecified atom stereocenters. The highest BCUT2D eigenvalue weighted by Gasteiger charge is 2.21. The maximum atomic E-state index is 12.1. The van der Waals surface area contributed by atoms with Crippen LogP contribution in [0.2, 0.25) is 0 Å². The molecule has 0 atom stereocenters. The number of anilines is 1. The van der Waals surface area contributed by atoms with Crippen LogP contribution in [0.4, 0.5) is 5.69 Å². The summed E-state index contributed by atoms with van der Waals surface area (Å²) in [5.41, 5.74) is 4.45. The molecule has 2 N–H and O–H groups in total. The van der Waals surface area contributed by atoms with Gasteiger partial charge in [0, 0.05) is 16.7 Å². The Morgan fingerprint density at radius 2 is 1.91 bits per heavy atom. The summed E-state index contributed by atoms with van der Waals surface area (Å²) in [5.74, 6) is 0.798. The zero-order valence-electron chi connectivity index (χ0n) is 13.9. The monoisotopic (exact) mass is 307 g/mol. The van der Waals surface area contributed by atoms with Gasteiger partial charge in [-0.2, -0.15) is 0 Å². The van der Waals surface area contributed by atoms with Crippen LogP contribution in [0.25, 0.3) is 22.4 Å². The molecular weight excluding hydrogens is 286 g/mol. The van der Waals surface area contributed by atoms with Gasteiger partial charge in [-0.25, -0.2) is 4.98 Å². The summed E-state index contributed by atoms with van der Waals surface area (Å²) >= 11 is 0. The van der Waals surface area contributed by atoms with Crippen LogP contribution in [-0.2, 0) is 4.79 Å². The van der Waals surface area contributed by atoms with E-state index in [0.717, 1.165) is 28.1 Å². The van der Waals surface area contributed by atoms with Gasteiger partial charge in [-0.3, -0.25) is 4.79 Å². The van der Waals surface area contributed by atoms with E-state index in [1.807, 2.05) is 57.2 Å². The lowest BCUT2D eigenvalue weighted by molar-refractivity contribution is -0.123. The predicted octanol–water partition coefficient (Wildman–Crippen LogP) is 4.52. The van der Waals surface area contributed by atoms with Gasteiger partial charge in [0.25, 0.3) is 0 Å². The summed E-state index contributed by atoms with van der Waals surface area (Å²) in [4.78, 5) is 20.1. The van der Waals surface area contributed by atoms with Crippen molar-refractivity contribution in [1.29, 1.82) is 0 Å². The third kappa shape index (κ3) is 3.26. The predicted molar refractivity (Wildman–Crippen MR) is 94.4 cm³/mol. The Labute approximate surface area is 136 Å². The Kier molecular flexibility index (Phi) is 3.68. The van der Waals surface area contributed by atoms with Gasteiger partial charge in [-0.15, -0.1) is 0 Å². The molecular formula is C19H21N3O. The van der Waals surface area contributed by atoms with Gasteiger partial charge in [-0.1, -0.05) is 39.0 Å². The average molecular weight is 307 g/mol. The van der Waals surface area contributed by atoms with Crippen molar-refractivity contribution >= 4 is 22.6 Å². The summed E-state index contributed by atoms with van der Waals surface area (Å²) in [5, 5.41) is 2.95. The topological polar surface area (TPSA) is 57.8 Å². The Hall–Kier alpha value is -2.62. The lowest BCUT2D eigenvalue weighted by Gasteiger charge is -2.17. The molecule has 23 heavy (non-hydrogen) atoms. The number of hydrogen-bond donors (Lipinski definition) is 2. The van der Waals surface area contributed by atoms with Crippen LogP contribution >= 0.6 is 0 Å². The fourth-order valence-electron chi connectivity index (χ4n) is 2.32. The molecule has 0 fully saturated rings. The average Bonchev–Trinajstić information content (AvgIpc) is 2.89. The molecule has 0 aliphatic heterocycles. The maximum absolute atomic E-state index is 12.1. The molecule has 0 spiro atoms. The van der Waals surface area contributed by atoms with Crippen molar-refractivity contribution in [1.82, 2.24) is 9.97 Å². The second-order valence-corrected chi connectivity index (χ2v) is 6.89. The number of aromatic nitrogens is 2. The summed E-state index contributed by atoms with van der Waals surface area (Å²) in [6, 6.07) is 13.9. The molecule has 0 aliphatic carbocycles. The largest absolute Gasteiger partial charge is 0.338 e. The number of aromatic amines is 1. The van der Waals surface area contributed by atoms with Gasteiger partial charge >= 0.3 is 0 Å². The number of nitrogens with zero attached hydrogens (tertiary/aromatic N) is 1. The van der Waals surface area contributed by atoms with Gasteiger partial charge in [0.2, 0.25) is 5.91 Å². The molecule has 1 heterocycles. The van der Waals surface area contributed by atoms with Crippen molar-refractivity contribution in [2.45, 2.75) is 27.7 Å². The van der Waals surface area contributed by atoms with Crippen LogP contribution in [0.1, 0.15) is 26.3 Å². The molecule has 0 saturated carbocycles. The highest BCUT2D eigenvalue weighted by molar-refractivity contribution is 5.95. The smallest absolute Gasteiger partial charge is 0.229 e. The van der Waals surface area contributed by atoms with Gasteiger partial charge in [0.05, 0.1) is 11.0 Å². The number of benzene rings is 2. The lowest BCUT2D eigenvalue weighted by Crippen LogP contribution is -2.27. The van der Waals surface area contributed by atoms with Crippen LogP contribution < -0.4 is 5.32 Å². The van der Waals surface area contributed by atoms with Crippen LogP contribution in [0.15, 0.2) is 42.5 Å². The van der Waals surface area contributed by atoms with E-state index < -0.39 is 5.41 Å². The van der Waals surface area contributed by atoms with Crippen molar-refractivity contribution in [3.8, 4) is 11.4 Å². The summed E-state index contributed by atoms with van der Waals surface area (Å²) < 4.78 is 0. The maximum Gasteiger partial charge on any atom is 0.229 e. The van der Waals surface area contributed by atoms with Crippen LogP contribution in [0.5, 0.6) is 0 Å². The molecule has 3 rings (SSSR count). The lowest BCUT2D eigenvalue weighted by atomic mass is 9.95. The number of H-pyrrole nitrogens is 1. The van der Waals surface area contributed by atoms with E-state index in [0.29, 0.717) is 0 Å². The third-order valence-corrected chi connectivity index (χ3v) is 3.71. The van der Waals surface area contributed by atoms with Crippen molar-refractivity contribution in [2.75, 3.05) is 5.32 Å². The molecule has 1 aromatic heterocycles. The molecule has 0 saturated heterocycles. The molecule has 118 valence electrons. The van der Waals surface area contributed by atoms with Gasteiger partial charge in [0.1, 0.15) is 5.82 Å². The van der Waals surface area contributed by atoms with Gasteiger partial charge in [-0.05, 0) is 36.8 Å². The molecule has 0 bridgehead atoms. The van der Waals surface area contributed by atoms with Gasteiger partial charge < -0.3 is 10.3 Å². The number of carbonyl (C=O) groups excluding carboxylic acids is 1. The van der Waals surface area contributed by atoms with Crippen LogP contribution in [-0.4, -0.2) is 15.9 Å². The Morgan fingerprint density at radius 3 is 2.65 bits per heavy atom. The molecule has 0 aliphatic rings. The number of amides is 1. The number of fused-ring (bicyclic) bond motifs is 1. The second kappa shape index (κ2) is 5.54. The highest BCUT2D eigenvalue weighted by atomic mass is 16.2. The minimum absolute atomic E-state index is 0.00474. The Bertz CT molecular complexity index is 872. The van der Waals surface area contributed by atoms with Crippen molar-refractivity contribution in [3.63, 3.8) is 0 Å². The number of aryl methyl sites for hydroxylation is 1. The molecule has 0 radical (unpaired) electrons. The normalized spacial score (nSPS) is 11.7. The zero-order valence-corrected chi connectivity index (χ0v) is 13.9. The number of imidazole rings is 1. The summed E-state index contributed by atoms with van der Waals surface area (Å²) in [7, 11) is 0. The molecule has 4 heteroatoms. The SMILES string of the molecule is Cc1ccc2nc(-c3cccc(NC(=O)C(C)(C)C)c3)[nH]c2c1. The minimum atomic E-state index is -0.424. The fourth-order valence-corrected chi connectivity index (χ4v) is 2.32. The highest BCUT2D eigenvalue weighted by Crippen LogP contribution is 2.25. The number of rotatable bonds is 2. The zero-order chi connectivity index (χ0) is 16.6. The first kappa shape index (κ1) is 15.3. The molecule has 2 aromatic carbocycles. The Balaban J connectivity index is 1.93. The first-order valence-corrected chi connectivity index (χ1v) is 7.71. The van der Waals surface area contributed by atoms with Crippen LogP contribution in [0, 0.1) is 12.3 Å². The molecule has 1 amide bonds. The van der Waals surface area contributed by atoms with Gasteiger partial charge in [0.15, 0.2) is 0 Å². The van der Waals surface area contributed by atoms with Crippen molar-refractivity contribution in [2.24, 2.45) is 5.41 Å². The van der Waals surface area contributed by atoms with Crippen LogP contribution in [0.3, 0.4) is 0 Å². The number of nitrogens with one attached hydrogen (secondary N) is 2. The number of carbonyl (C=O) groups is 1. The molecule has 4 nitrogen and oxygen atoms in total. The second-order valence-electron chi connectivity index (χ2n) is 6.89. The Morgan fingerprint density at radius 1 is 1.13 bits per heavy atom. The van der Waals surface area contributed by atoms with E-state index in [-0.39, 0.29) is 5.91 Å². The summed E-state index contributed by atoms with van der Waals surface area (Å²) in [6.07, 6.45) is 0. The third-order valence-electron chi connectivity index (χ3n) is 3.71. The fraction of sp³-hybridized carbons (Fsp3) is 0.263. The summed E-state index contributed by atoms with van der Waals surface area (Å²) in [6.45, 7) is 7.75. The van der Waals surface area contributed by atoms with Crippen molar-refractivity contribution in [3.05, 3.63) is 48.0 Å². The molecule has 3 aromatic rings. The van der Waals surface area contributed by atoms with E-state index in [4.69, 9.17) is 0 Å². The van der Waals surface area contributed by atoms with E-state index in [9.17, 15) is 4.79 Å². The van der Waals surface area contributed by atoms with E-state index in [2.05, 4.69) is 28.3 Å². The minimum Gasteiger partial charge on any atom is -0.338 e.